The monoisotopic (exact) mass is 1580 g/mol. The highest BCUT2D eigenvalue weighted by atomic mass is 19.1. The number of nitrogens with two attached hydrogens (primary N) is 1. The number of ketones is 3. The summed E-state index contributed by atoms with van der Waals surface area (Å²) in [6.45, 7) is 16.2. The predicted molar refractivity (Wildman–Crippen MR) is 416 cm³/mol. The van der Waals surface area contributed by atoms with E-state index in [2.05, 4.69) is 51.0 Å². The van der Waals surface area contributed by atoms with Crippen LogP contribution in [0.3, 0.4) is 0 Å². The van der Waals surface area contributed by atoms with Gasteiger partial charge in [-0.15, -0.1) is 0 Å². The number of Topliss-reactive ketones (excluding diaryl/α,β-unsaturated/α-hetero) is 2. The van der Waals surface area contributed by atoms with Gasteiger partial charge in [-0.25, -0.2) is 18.4 Å². The average molecular weight is 1580 g/mol. The van der Waals surface area contributed by atoms with Crippen molar-refractivity contribution in [1.82, 2.24) is 26.6 Å². The molecule has 9 rings (SSSR count). The number of carbonyl (C=O) groups is 10. The van der Waals surface area contributed by atoms with Crippen LogP contribution in [0.2, 0.25) is 0 Å². The normalized spacial score (nSPS) is 25.5. The molecule has 0 spiro atoms. The van der Waals surface area contributed by atoms with Gasteiger partial charge >= 0.3 is 12.1 Å². The number of aliphatic hydroxyl groups excluding tert-OH is 1. The summed E-state index contributed by atoms with van der Waals surface area (Å²) in [5, 5.41) is 27.8. The number of primary amides is 1. The quantitative estimate of drug-likeness (QED) is 0.0193. The largest absolute Gasteiger partial charge is 0.445 e. The van der Waals surface area contributed by atoms with Crippen LogP contribution in [0.4, 0.5) is 29.7 Å². The van der Waals surface area contributed by atoms with Crippen LogP contribution in [0.25, 0.3) is 11.6 Å². The van der Waals surface area contributed by atoms with Gasteiger partial charge in [0.15, 0.2) is 29.1 Å². The maximum Gasteiger partial charge on any atom is 0.407 e. The number of hydrogen-bond acceptors (Lipinski definition) is 19. The second-order valence-corrected chi connectivity index (χ2v) is 31.0. The van der Waals surface area contributed by atoms with E-state index in [1.807, 2.05) is 77.1 Å². The Balaban J connectivity index is 0.620. The molecule has 9 N–H and O–H groups in total. The van der Waals surface area contributed by atoms with E-state index in [4.69, 9.17) is 43.6 Å². The molecule has 0 bridgehead atoms. The highest BCUT2D eigenvalue weighted by molar-refractivity contribution is 6.02. The molecule has 3 aromatic rings. The van der Waals surface area contributed by atoms with Crippen LogP contribution >= 0.6 is 0 Å². The molecule has 0 aromatic heterocycles. The average Bonchev–Trinajstić information content (AvgIpc) is 1.54. The molecule has 8 amide bonds. The Morgan fingerprint density at radius 2 is 1.44 bits per heavy atom. The maximum absolute atomic E-state index is 17.9. The van der Waals surface area contributed by atoms with E-state index < -0.39 is 132 Å². The molecule has 113 heavy (non-hydrogen) atoms. The number of para-hydroxylation sites is 1. The fourth-order valence-corrected chi connectivity index (χ4v) is 17.0. The van der Waals surface area contributed by atoms with Gasteiger partial charge < -0.3 is 85.5 Å². The first-order chi connectivity index (χ1) is 54.1. The number of halogens is 2. The van der Waals surface area contributed by atoms with Gasteiger partial charge in [0, 0.05) is 66.6 Å². The van der Waals surface area contributed by atoms with E-state index in [9.17, 15) is 53.1 Å². The van der Waals surface area contributed by atoms with Crippen molar-refractivity contribution in [2.75, 3.05) is 96.0 Å². The fraction of sp³-hybridized carbons (Fsp3) is 0.595. The number of alkyl carbamates (subject to hydrolysis) is 1. The molecule has 27 nitrogen and oxygen atoms in total. The number of urea groups is 1. The number of ether oxygens (including phenoxy) is 8. The molecule has 1 saturated heterocycles. The molecule has 14 atom stereocenters. The first kappa shape index (κ1) is 88.3. The number of amides is 8. The van der Waals surface area contributed by atoms with Crippen molar-refractivity contribution in [2.45, 2.75) is 188 Å². The van der Waals surface area contributed by atoms with Crippen LogP contribution in [0.5, 0.6) is 0 Å². The molecule has 6 aliphatic rings. The van der Waals surface area contributed by atoms with Crippen molar-refractivity contribution < 1.29 is 99.7 Å². The minimum atomic E-state index is -2.38. The lowest BCUT2D eigenvalue weighted by atomic mass is 9.44. The number of nitrogens with one attached hydrogen (secondary N) is 6. The van der Waals surface area contributed by atoms with Crippen LogP contribution in [-0.4, -0.2) is 192 Å². The standard InChI is InChI=1S/C84H114F2N8O19/c1-9-16-76-112-72-45-63-64-44-66(85)65-43-60(95)28-30-81(65,7)83(64,86)70(97)46-82(63,8)84(72,113-76)71(98)50-110-51-91-74(100)47-90-80(105)111-49-55-22-24-59(25-23-55)92-78(103)67(20-15-31-89-79(87)104)93-77(102)62(52(3)4)41-53(5)54(6)69(96)29-33-106-35-37-108-39-40-109-38-36-107-34-32-88-73(99)26-27-75(101)94-48-58-18-11-13-19-61(58)56(10-2)42-57-17-12-14-21-68(57)94/h11-14,17-19,21-25,28,30,42-43,52-54,62-64,66-67,70,72,76,97H,9-10,15-16,20,26-27,29,31-41,44-51H2,1-8H3,(H,88,99)(H,90,105)(H,91,100)(H,92,103)(H,93,102)(H3,87,89,104)/b56-42-/t53?,54?,62-,63?,64-,66-,67-,70-,72+,76?,81-,82-,83-,84+/m0/s1. The summed E-state index contributed by atoms with van der Waals surface area (Å²) in [5.41, 5.74) is 4.37. The van der Waals surface area contributed by atoms with Crippen LogP contribution in [0.15, 0.2) is 96.6 Å². The summed E-state index contributed by atoms with van der Waals surface area (Å²) < 4.78 is 80.5. The Morgan fingerprint density at radius 1 is 0.752 bits per heavy atom. The lowest BCUT2D eigenvalue weighted by Gasteiger charge is -2.63. The van der Waals surface area contributed by atoms with Crippen molar-refractivity contribution in [3.05, 3.63) is 119 Å². The lowest BCUT2D eigenvalue weighted by molar-refractivity contribution is -0.235. The molecular weight excluding hydrogens is 1460 g/mol. The number of benzene rings is 3. The highest BCUT2D eigenvalue weighted by Gasteiger charge is 2.80. The Bertz CT molecular complexity index is 3930. The second-order valence-electron chi connectivity index (χ2n) is 31.0. The maximum atomic E-state index is 17.9. The third kappa shape index (κ3) is 21.7. The number of aliphatic hydroxyl groups is 1. The zero-order valence-corrected chi connectivity index (χ0v) is 66.3. The molecule has 618 valence electrons. The molecule has 0 radical (unpaired) electrons. The van der Waals surface area contributed by atoms with Crippen LogP contribution in [-0.2, 0) is 89.4 Å². The van der Waals surface area contributed by atoms with E-state index in [-0.39, 0.29) is 132 Å². The zero-order chi connectivity index (χ0) is 81.6. The van der Waals surface area contributed by atoms with Crippen molar-refractivity contribution in [2.24, 2.45) is 52.1 Å². The van der Waals surface area contributed by atoms with E-state index in [1.165, 1.54) is 24.6 Å². The Kier molecular flexibility index (Phi) is 32.1. The number of nitrogens with zero attached hydrogens (tertiary/aromatic N) is 1. The Labute approximate surface area is 660 Å². The smallest absolute Gasteiger partial charge is 0.407 e. The number of anilines is 2. The summed E-state index contributed by atoms with van der Waals surface area (Å²) >= 11 is 0. The van der Waals surface area contributed by atoms with E-state index in [1.54, 1.807) is 36.1 Å². The summed E-state index contributed by atoms with van der Waals surface area (Å²) in [6, 6.07) is 20.5. The minimum absolute atomic E-state index is 0.0153. The summed E-state index contributed by atoms with van der Waals surface area (Å²) in [7, 11) is 0. The molecule has 3 saturated carbocycles. The first-order valence-corrected chi connectivity index (χ1v) is 39.7. The Morgan fingerprint density at radius 3 is 2.14 bits per heavy atom. The molecule has 4 unspecified atom stereocenters. The predicted octanol–water partition coefficient (Wildman–Crippen LogP) is 9.01. The van der Waals surface area contributed by atoms with Gasteiger partial charge in [0.05, 0.1) is 77.3 Å². The zero-order valence-electron chi connectivity index (χ0n) is 66.3. The molecule has 29 heteroatoms. The van der Waals surface area contributed by atoms with Gasteiger partial charge in [-0.1, -0.05) is 116 Å². The second kappa shape index (κ2) is 41.1. The van der Waals surface area contributed by atoms with Crippen LogP contribution in [0.1, 0.15) is 155 Å². The van der Waals surface area contributed by atoms with Crippen LogP contribution in [0, 0.1) is 46.3 Å². The van der Waals surface area contributed by atoms with Gasteiger partial charge in [-0.2, -0.15) is 0 Å². The van der Waals surface area contributed by atoms with Gasteiger partial charge in [0.1, 0.15) is 44.5 Å². The third-order valence-corrected chi connectivity index (χ3v) is 23.4. The minimum Gasteiger partial charge on any atom is -0.445 e. The van der Waals surface area contributed by atoms with Crippen molar-refractivity contribution in [1.29, 1.82) is 0 Å². The van der Waals surface area contributed by atoms with Gasteiger partial charge in [0.2, 0.25) is 29.5 Å². The third-order valence-electron chi connectivity index (χ3n) is 23.4. The van der Waals surface area contributed by atoms with Crippen molar-refractivity contribution in [3.8, 4) is 0 Å². The Hall–Kier alpha value is -8.68. The first-order valence-electron chi connectivity index (χ1n) is 39.7. The summed E-state index contributed by atoms with van der Waals surface area (Å²) in [6.07, 6.45) is 2.47. The number of carbonyl (C=O) groups excluding carboxylic acids is 10. The molecule has 3 aromatic carbocycles. The van der Waals surface area contributed by atoms with Gasteiger partial charge in [-0.3, -0.25) is 38.4 Å². The van der Waals surface area contributed by atoms with Gasteiger partial charge in [0.25, 0.3) is 0 Å². The van der Waals surface area contributed by atoms with Crippen molar-refractivity contribution >= 4 is 82.0 Å². The topological polar surface area (TPSA) is 366 Å². The number of fused-ring (bicyclic) bond motifs is 9. The van der Waals surface area contributed by atoms with E-state index in [0.717, 1.165) is 34.9 Å². The highest BCUT2D eigenvalue weighted by Crippen LogP contribution is 2.72. The number of alkyl halides is 2. The number of hydrogen-bond donors (Lipinski definition) is 8. The molecular formula is C84H114F2N8O19. The SMILES string of the molecule is CCCC1O[C@@H]2CC3[C@@H]4C[C@H](F)C5=CC(=O)C=C[C@]5(C)[C@@]4(F)[C@@H](O)C[C@]3(C)[C@]2(C(=O)COCNC(=O)CNC(=O)OCc2ccc(NC(=O)[C@H](CCCNC(N)=O)NC(=O)[C@@H](CC(C)C(C)C(=O)CCOCCOCCOCCOCCNC(=O)CCC(=O)N3Cc4ccccc4/C(CC)=C\c4ccccc43)C(C)C)cc2)O1. The van der Waals surface area contributed by atoms with Crippen LogP contribution < -0.4 is 42.5 Å². The molecule has 4 aliphatic carbocycles. The summed E-state index contributed by atoms with van der Waals surface area (Å²) in [4.78, 5) is 133. The molecule has 2 aliphatic heterocycles. The van der Waals surface area contributed by atoms with Crippen molar-refractivity contribution in [3.63, 3.8) is 0 Å². The fourth-order valence-electron chi connectivity index (χ4n) is 17.0. The van der Waals surface area contributed by atoms with E-state index >= 15 is 8.78 Å². The number of allylic oxidation sites excluding steroid dienone is 5. The summed E-state index contributed by atoms with van der Waals surface area (Å²) in [5.74, 6) is -6.13. The van der Waals surface area contributed by atoms with Gasteiger partial charge in [-0.05, 0) is 146 Å². The number of rotatable bonds is 43. The molecule has 2 heterocycles. The van der Waals surface area contributed by atoms with E-state index in [0.29, 0.717) is 70.1 Å². The lowest BCUT2D eigenvalue weighted by Crippen LogP contribution is -2.71. The molecule has 4 fully saturated rings.